The third kappa shape index (κ3) is 6.36. The van der Waals surface area contributed by atoms with Crippen molar-refractivity contribution < 1.29 is 14.1 Å². The van der Waals surface area contributed by atoms with Gasteiger partial charge in [0.1, 0.15) is 20.7 Å². The van der Waals surface area contributed by atoms with Crippen LogP contribution >= 0.6 is 0 Å². The standard InChI is InChI=1S/C35H41N3O2/c1-8-35(2,3)34(39)40-24-23-36-32-22-21-31(29-11-9-10-12-30(29)32)33(25-13-17-27(18-14-25)37(4)5)26-15-19-28(20-16-26)38(6)7/h9-22H,8,23-24H2,1-7H3/p+1. The quantitative estimate of drug-likeness (QED) is 0.183. The van der Waals surface area contributed by atoms with Gasteiger partial charge >= 0.3 is 5.97 Å². The van der Waals surface area contributed by atoms with Gasteiger partial charge in [0.25, 0.3) is 0 Å². The van der Waals surface area contributed by atoms with Gasteiger partial charge in [-0.1, -0.05) is 49.4 Å². The molecule has 1 aliphatic rings. The fraction of sp³-hybridized carbons (Fsp3) is 0.314. The average molecular weight is 537 g/mol. The van der Waals surface area contributed by atoms with Crippen molar-refractivity contribution in [3.05, 3.63) is 102 Å². The lowest BCUT2D eigenvalue weighted by molar-refractivity contribution is -0.462. The van der Waals surface area contributed by atoms with Crippen molar-refractivity contribution in [2.24, 2.45) is 5.41 Å². The second-order valence-electron chi connectivity index (χ2n) is 11.3. The van der Waals surface area contributed by atoms with Gasteiger partial charge in [-0.05, 0) is 78.3 Å². The lowest BCUT2D eigenvalue weighted by Gasteiger charge is -2.21. The third-order valence-electron chi connectivity index (χ3n) is 7.63. The molecule has 3 aromatic rings. The van der Waals surface area contributed by atoms with Gasteiger partial charge in [0.15, 0.2) is 5.71 Å². The van der Waals surface area contributed by atoms with E-state index in [9.17, 15) is 4.79 Å². The molecule has 5 nitrogen and oxygen atoms in total. The zero-order chi connectivity index (χ0) is 28.9. The van der Waals surface area contributed by atoms with Crippen LogP contribution in [0, 0.1) is 5.41 Å². The summed E-state index contributed by atoms with van der Waals surface area (Å²) in [6.07, 6.45) is 9.50. The van der Waals surface area contributed by atoms with Gasteiger partial charge < -0.3 is 15.0 Å². The van der Waals surface area contributed by atoms with E-state index in [1.807, 2.05) is 20.8 Å². The van der Waals surface area contributed by atoms with Gasteiger partial charge in [0.2, 0.25) is 0 Å². The van der Waals surface area contributed by atoms with Crippen LogP contribution in [0.5, 0.6) is 0 Å². The topological polar surface area (TPSA) is 44.6 Å². The highest BCUT2D eigenvalue weighted by Crippen LogP contribution is 2.37. The molecule has 3 aromatic carbocycles. The Hall–Kier alpha value is -4.12. The van der Waals surface area contributed by atoms with Gasteiger partial charge in [-0.2, -0.15) is 0 Å². The molecule has 40 heavy (non-hydrogen) atoms. The van der Waals surface area contributed by atoms with Crippen LogP contribution in [0.4, 0.5) is 11.4 Å². The van der Waals surface area contributed by atoms with E-state index in [0.29, 0.717) is 13.2 Å². The molecule has 0 radical (unpaired) electrons. The van der Waals surface area contributed by atoms with Crippen molar-refractivity contribution in [2.75, 3.05) is 51.6 Å². The highest BCUT2D eigenvalue weighted by Gasteiger charge is 2.26. The monoisotopic (exact) mass is 536 g/mol. The Balaban J connectivity index is 1.73. The van der Waals surface area contributed by atoms with Gasteiger partial charge in [-0.15, -0.1) is 0 Å². The number of nitrogens with one attached hydrogen (secondary N) is 1. The van der Waals surface area contributed by atoms with E-state index < -0.39 is 5.41 Å². The molecule has 1 aliphatic carbocycles. The SMILES string of the molecule is CCC(C)(C)C(=O)OCCNc1ccc(C(=C2C=CC(=[N+](C)C)C=C2)c2ccc(N(C)C)cc2)c2ccccc12. The number of rotatable bonds is 9. The summed E-state index contributed by atoms with van der Waals surface area (Å²) in [7, 11) is 8.24. The maximum Gasteiger partial charge on any atom is 0.311 e. The van der Waals surface area contributed by atoms with Crippen molar-refractivity contribution in [1.29, 1.82) is 0 Å². The first-order valence-electron chi connectivity index (χ1n) is 14.0. The molecule has 0 spiro atoms. The molecular formula is C35H42N3O2+. The number of carbonyl (C=O) groups excluding carboxylic acids is 1. The first-order valence-corrected chi connectivity index (χ1v) is 14.0. The third-order valence-corrected chi connectivity index (χ3v) is 7.63. The molecule has 0 atom stereocenters. The Morgan fingerprint density at radius 2 is 1.55 bits per heavy atom. The summed E-state index contributed by atoms with van der Waals surface area (Å²) < 4.78 is 7.67. The Kier molecular flexibility index (Phi) is 8.93. The molecule has 0 heterocycles. The fourth-order valence-electron chi connectivity index (χ4n) is 4.67. The number of hydrogen-bond donors (Lipinski definition) is 1. The number of hydrogen-bond acceptors (Lipinski definition) is 4. The number of anilines is 2. The first kappa shape index (κ1) is 28.9. The van der Waals surface area contributed by atoms with E-state index in [-0.39, 0.29) is 5.97 Å². The fourth-order valence-corrected chi connectivity index (χ4v) is 4.67. The van der Waals surface area contributed by atoms with Crippen molar-refractivity contribution in [1.82, 2.24) is 0 Å². The Labute approximate surface area is 239 Å². The van der Waals surface area contributed by atoms with Crippen LogP contribution in [0.1, 0.15) is 38.3 Å². The lowest BCUT2D eigenvalue weighted by Crippen LogP contribution is -2.27. The summed E-state index contributed by atoms with van der Waals surface area (Å²) in [4.78, 5) is 14.5. The predicted octanol–water partition coefficient (Wildman–Crippen LogP) is 6.94. The molecule has 5 heteroatoms. The summed E-state index contributed by atoms with van der Waals surface area (Å²) >= 11 is 0. The van der Waals surface area contributed by atoms with Crippen molar-refractivity contribution in [3.63, 3.8) is 0 Å². The van der Waals surface area contributed by atoms with Crippen LogP contribution in [-0.2, 0) is 9.53 Å². The van der Waals surface area contributed by atoms with Crippen LogP contribution in [0.25, 0.3) is 16.3 Å². The predicted molar refractivity (Wildman–Crippen MR) is 170 cm³/mol. The maximum absolute atomic E-state index is 12.4. The van der Waals surface area contributed by atoms with Crippen molar-refractivity contribution in [3.8, 4) is 0 Å². The van der Waals surface area contributed by atoms with E-state index in [1.54, 1.807) is 0 Å². The van der Waals surface area contributed by atoms with E-state index in [2.05, 4.69) is 128 Å². The number of nitrogens with zero attached hydrogens (tertiary/aromatic N) is 2. The van der Waals surface area contributed by atoms with Gasteiger partial charge in [0.05, 0.1) is 5.41 Å². The molecule has 0 aliphatic heterocycles. The molecule has 1 N–H and O–H groups in total. The summed E-state index contributed by atoms with van der Waals surface area (Å²) in [6.45, 7) is 6.72. The van der Waals surface area contributed by atoms with Crippen molar-refractivity contribution in [2.45, 2.75) is 27.2 Å². The van der Waals surface area contributed by atoms with Gasteiger partial charge in [0, 0.05) is 49.6 Å². The minimum atomic E-state index is -0.462. The molecule has 0 amide bonds. The minimum absolute atomic E-state index is 0.156. The Morgan fingerprint density at radius 3 is 2.15 bits per heavy atom. The summed E-state index contributed by atoms with van der Waals surface area (Å²) in [5.41, 5.74) is 7.59. The second-order valence-corrected chi connectivity index (χ2v) is 11.3. The number of carbonyl (C=O) groups is 1. The number of benzene rings is 3. The number of ether oxygens (including phenoxy) is 1. The molecule has 208 valence electrons. The summed E-state index contributed by atoms with van der Waals surface area (Å²) in [5.74, 6) is -0.156. The Bertz CT molecular complexity index is 1480. The van der Waals surface area contributed by atoms with E-state index in [4.69, 9.17) is 4.74 Å². The highest BCUT2D eigenvalue weighted by atomic mass is 16.5. The van der Waals surface area contributed by atoms with Crippen LogP contribution < -0.4 is 10.2 Å². The normalized spacial score (nSPS) is 13.0. The molecule has 0 saturated heterocycles. The first-order chi connectivity index (χ1) is 19.1. The largest absolute Gasteiger partial charge is 0.463 e. The maximum atomic E-state index is 12.4. The van der Waals surface area contributed by atoms with Gasteiger partial charge in [-0.25, -0.2) is 4.58 Å². The zero-order valence-electron chi connectivity index (χ0n) is 24.9. The van der Waals surface area contributed by atoms with E-state index in [0.717, 1.165) is 17.5 Å². The summed E-state index contributed by atoms with van der Waals surface area (Å²) in [5, 5.41) is 5.80. The second kappa shape index (κ2) is 12.4. The average Bonchev–Trinajstić information content (AvgIpc) is 2.96. The van der Waals surface area contributed by atoms with Crippen LogP contribution in [0.3, 0.4) is 0 Å². The zero-order valence-corrected chi connectivity index (χ0v) is 24.9. The van der Waals surface area contributed by atoms with Crippen LogP contribution in [0.15, 0.2) is 90.5 Å². The molecule has 0 saturated carbocycles. The van der Waals surface area contributed by atoms with E-state index in [1.165, 1.54) is 39.1 Å². The molecule has 0 aromatic heterocycles. The van der Waals surface area contributed by atoms with E-state index >= 15 is 0 Å². The van der Waals surface area contributed by atoms with Crippen LogP contribution in [0.2, 0.25) is 0 Å². The highest BCUT2D eigenvalue weighted by molar-refractivity contribution is 6.07. The lowest BCUT2D eigenvalue weighted by atomic mass is 9.87. The minimum Gasteiger partial charge on any atom is -0.463 e. The molecule has 0 unspecified atom stereocenters. The van der Waals surface area contributed by atoms with Crippen LogP contribution in [-0.4, -0.2) is 57.6 Å². The van der Waals surface area contributed by atoms with Crippen molar-refractivity contribution >= 4 is 39.4 Å². The number of allylic oxidation sites excluding steroid dienone is 5. The number of esters is 1. The molecule has 4 rings (SSSR count). The Morgan fingerprint density at radius 1 is 0.900 bits per heavy atom. The number of fused-ring (bicyclic) bond motifs is 1. The summed E-state index contributed by atoms with van der Waals surface area (Å²) in [6, 6.07) is 21.6. The molecule has 0 bridgehead atoms. The van der Waals surface area contributed by atoms with Gasteiger partial charge in [-0.3, -0.25) is 4.79 Å². The molecule has 0 fully saturated rings. The smallest absolute Gasteiger partial charge is 0.311 e. The molecular weight excluding hydrogens is 494 g/mol.